The number of phosphoric acid groups is 1. The summed E-state index contributed by atoms with van der Waals surface area (Å²) in [7, 11) is -4.62. The lowest BCUT2D eigenvalue weighted by molar-refractivity contribution is -0.147. The predicted octanol–water partition coefficient (Wildman–Crippen LogP) is 5.82. The van der Waals surface area contributed by atoms with Crippen molar-refractivity contribution in [3.05, 3.63) is 12.2 Å². The van der Waals surface area contributed by atoms with Crippen LogP contribution in [0.25, 0.3) is 0 Å². The van der Waals surface area contributed by atoms with E-state index in [-0.39, 0.29) is 13.0 Å². The van der Waals surface area contributed by atoms with Crippen LogP contribution in [-0.4, -0.2) is 40.2 Å². The fraction of sp³-hybridized carbons (Fsp3) is 0.870. The molecule has 0 aromatic rings. The SMILES string of the molecule is CCCCCCCCCC/C=C\CCCCCCCC(=O)OC[C@H](O)COP(=O)(O)O. The molecule has 0 fully saturated rings. The predicted molar refractivity (Wildman–Crippen MR) is 124 cm³/mol. The van der Waals surface area contributed by atoms with E-state index in [1.165, 1.54) is 64.2 Å². The second-order valence-electron chi connectivity index (χ2n) is 8.16. The second kappa shape index (κ2) is 21.1. The topological polar surface area (TPSA) is 113 Å². The third-order valence-electron chi connectivity index (χ3n) is 5.01. The number of phosphoric ester groups is 1. The van der Waals surface area contributed by atoms with Gasteiger partial charge in [0, 0.05) is 6.42 Å². The molecular formula is C23H45O7P. The first-order chi connectivity index (χ1) is 14.8. The van der Waals surface area contributed by atoms with Gasteiger partial charge in [-0.05, 0) is 32.1 Å². The average molecular weight is 465 g/mol. The summed E-state index contributed by atoms with van der Waals surface area (Å²) >= 11 is 0. The molecule has 0 rings (SSSR count). The molecule has 0 aromatic heterocycles. The van der Waals surface area contributed by atoms with Crippen LogP contribution in [0.2, 0.25) is 0 Å². The second-order valence-corrected chi connectivity index (χ2v) is 9.40. The largest absolute Gasteiger partial charge is 0.469 e. The summed E-state index contributed by atoms with van der Waals surface area (Å²) < 4.78 is 19.5. The molecule has 0 bridgehead atoms. The van der Waals surface area contributed by atoms with Crippen LogP contribution in [0.4, 0.5) is 0 Å². The highest BCUT2D eigenvalue weighted by atomic mass is 31.2. The number of unbranched alkanes of at least 4 members (excludes halogenated alkanes) is 13. The number of ether oxygens (including phenoxy) is 1. The molecule has 0 spiro atoms. The molecule has 8 heteroatoms. The summed E-state index contributed by atoms with van der Waals surface area (Å²) in [5, 5.41) is 9.43. The Bertz CT molecular complexity index is 490. The third kappa shape index (κ3) is 25.4. The number of carbonyl (C=O) groups is 1. The zero-order valence-corrected chi connectivity index (χ0v) is 20.3. The van der Waals surface area contributed by atoms with Crippen LogP contribution >= 0.6 is 7.82 Å². The molecule has 0 aliphatic rings. The average Bonchev–Trinajstić information content (AvgIpc) is 2.72. The molecule has 0 aliphatic heterocycles. The van der Waals surface area contributed by atoms with E-state index in [4.69, 9.17) is 14.5 Å². The van der Waals surface area contributed by atoms with Crippen LogP contribution in [-0.2, 0) is 18.6 Å². The van der Waals surface area contributed by atoms with Crippen molar-refractivity contribution in [1.82, 2.24) is 0 Å². The normalized spacial score (nSPS) is 13.0. The van der Waals surface area contributed by atoms with Gasteiger partial charge in [-0.1, -0.05) is 83.3 Å². The minimum atomic E-state index is -4.62. The molecule has 3 N–H and O–H groups in total. The Labute approximate surface area is 188 Å². The number of aliphatic hydroxyl groups is 1. The van der Waals surface area contributed by atoms with Gasteiger partial charge in [0.05, 0.1) is 6.61 Å². The van der Waals surface area contributed by atoms with Crippen LogP contribution in [0.1, 0.15) is 110 Å². The first-order valence-electron chi connectivity index (χ1n) is 12.0. The van der Waals surface area contributed by atoms with Crippen molar-refractivity contribution >= 4 is 13.8 Å². The first kappa shape index (κ1) is 30.3. The minimum Gasteiger partial charge on any atom is -0.463 e. The number of esters is 1. The van der Waals surface area contributed by atoms with Crippen molar-refractivity contribution in [1.29, 1.82) is 0 Å². The summed E-state index contributed by atoms with van der Waals surface area (Å²) in [5.74, 6) is -0.417. The Morgan fingerprint density at radius 3 is 1.81 bits per heavy atom. The van der Waals surface area contributed by atoms with Crippen molar-refractivity contribution in [3.63, 3.8) is 0 Å². The standard InChI is InChI=1S/C23H45O7P/c1-2-3-4-5-6-7-8-9-10-11-12-13-14-15-16-17-18-19-23(25)29-20-22(24)21-30-31(26,27)28/h11-12,22,24H,2-10,13-21H2,1H3,(H2,26,27,28)/b12-11-/t22-/m0/s1. The maximum atomic E-state index is 11.6. The zero-order valence-electron chi connectivity index (χ0n) is 19.4. The Balaban J connectivity index is 3.35. The van der Waals surface area contributed by atoms with E-state index >= 15 is 0 Å². The van der Waals surface area contributed by atoms with E-state index in [0.29, 0.717) is 0 Å². The molecule has 0 heterocycles. The van der Waals surface area contributed by atoms with Crippen molar-refractivity contribution in [3.8, 4) is 0 Å². The van der Waals surface area contributed by atoms with Gasteiger partial charge in [0.2, 0.25) is 0 Å². The number of hydrogen-bond acceptors (Lipinski definition) is 5. The molecule has 184 valence electrons. The van der Waals surface area contributed by atoms with E-state index in [1.54, 1.807) is 0 Å². The van der Waals surface area contributed by atoms with E-state index < -0.39 is 26.5 Å². The van der Waals surface area contributed by atoms with Crippen molar-refractivity contribution in [2.45, 2.75) is 116 Å². The van der Waals surface area contributed by atoms with Crippen LogP contribution in [0, 0.1) is 0 Å². The fourth-order valence-electron chi connectivity index (χ4n) is 3.19. The molecule has 1 atom stereocenters. The number of hydrogen-bond donors (Lipinski definition) is 3. The third-order valence-corrected chi connectivity index (χ3v) is 5.50. The summed E-state index contributed by atoms with van der Waals surface area (Å²) in [6.07, 6.45) is 21.9. The number of rotatable bonds is 22. The Morgan fingerprint density at radius 2 is 1.29 bits per heavy atom. The quantitative estimate of drug-likeness (QED) is 0.0801. The van der Waals surface area contributed by atoms with Gasteiger partial charge >= 0.3 is 13.8 Å². The van der Waals surface area contributed by atoms with Crippen LogP contribution in [0.15, 0.2) is 12.2 Å². The van der Waals surface area contributed by atoms with Crippen molar-refractivity contribution in [2.24, 2.45) is 0 Å². The van der Waals surface area contributed by atoms with Gasteiger partial charge in [-0.25, -0.2) is 4.57 Å². The molecular weight excluding hydrogens is 419 g/mol. The van der Waals surface area contributed by atoms with Gasteiger partial charge in [0.15, 0.2) is 0 Å². The highest BCUT2D eigenvalue weighted by molar-refractivity contribution is 7.46. The Kier molecular flexibility index (Phi) is 20.7. The van der Waals surface area contributed by atoms with E-state index in [2.05, 4.69) is 23.6 Å². The Hall–Kier alpha value is -0.720. The van der Waals surface area contributed by atoms with Gasteiger partial charge in [-0.2, -0.15) is 0 Å². The molecule has 31 heavy (non-hydrogen) atoms. The molecule has 0 unspecified atom stereocenters. The smallest absolute Gasteiger partial charge is 0.463 e. The van der Waals surface area contributed by atoms with Gasteiger partial charge in [0.25, 0.3) is 0 Å². The maximum Gasteiger partial charge on any atom is 0.469 e. The summed E-state index contributed by atoms with van der Waals surface area (Å²) in [6, 6.07) is 0. The van der Waals surface area contributed by atoms with Crippen LogP contribution in [0.3, 0.4) is 0 Å². The summed E-state index contributed by atoms with van der Waals surface area (Å²) in [6.45, 7) is 1.35. The van der Waals surface area contributed by atoms with E-state index in [1.807, 2.05) is 0 Å². The van der Waals surface area contributed by atoms with Crippen LogP contribution in [0.5, 0.6) is 0 Å². The lowest BCUT2D eigenvalue weighted by Gasteiger charge is -2.12. The van der Waals surface area contributed by atoms with Gasteiger partial charge in [-0.3, -0.25) is 9.32 Å². The highest BCUT2D eigenvalue weighted by Crippen LogP contribution is 2.35. The number of aliphatic hydroxyl groups excluding tert-OH is 1. The summed E-state index contributed by atoms with van der Waals surface area (Å²) in [5.41, 5.74) is 0. The lowest BCUT2D eigenvalue weighted by Crippen LogP contribution is -2.23. The molecule has 0 amide bonds. The Morgan fingerprint density at radius 1 is 0.806 bits per heavy atom. The van der Waals surface area contributed by atoms with Crippen molar-refractivity contribution in [2.75, 3.05) is 13.2 Å². The first-order valence-corrected chi connectivity index (χ1v) is 13.6. The molecule has 0 aromatic carbocycles. The zero-order chi connectivity index (χ0) is 23.2. The molecule has 0 aliphatic carbocycles. The highest BCUT2D eigenvalue weighted by Gasteiger charge is 2.17. The monoisotopic (exact) mass is 464 g/mol. The molecule has 7 nitrogen and oxygen atoms in total. The van der Waals surface area contributed by atoms with Crippen LogP contribution < -0.4 is 0 Å². The number of allylic oxidation sites excluding steroid dienone is 2. The fourth-order valence-corrected chi connectivity index (χ4v) is 3.55. The van der Waals surface area contributed by atoms with Gasteiger partial charge in [-0.15, -0.1) is 0 Å². The molecule has 0 saturated carbocycles. The molecule has 0 saturated heterocycles. The molecule has 0 radical (unpaired) electrons. The van der Waals surface area contributed by atoms with E-state index in [0.717, 1.165) is 32.1 Å². The summed E-state index contributed by atoms with van der Waals surface area (Å²) in [4.78, 5) is 28.6. The van der Waals surface area contributed by atoms with Gasteiger partial charge < -0.3 is 19.6 Å². The minimum absolute atomic E-state index is 0.282. The van der Waals surface area contributed by atoms with Gasteiger partial charge in [0.1, 0.15) is 12.7 Å². The van der Waals surface area contributed by atoms with E-state index in [9.17, 15) is 14.5 Å². The van der Waals surface area contributed by atoms with Crippen molar-refractivity contribution < 1.29 is 33.5 Å². The maximum absolute atomic E-state index is 11.6. The number of carbonyl (C=O) groups excluding carboxylic acids is 1. The lowest BCUT2D eigenvalue weighted by atomic mass is 10.1.